The quantitative estimate of drug-likeness (QED) is 0.756. The Morgan fingerprint density at radius 1 is 1.35 bits per heavy atom. The van der Waals surface area contributed by atoms with Crippen molar-refractivity contribution in [2.24, 2.45) is 5.92 Å². The molecule has 0 fully saturated rings. The van der Waals surface area contributed by atoms with Crippen LogP contribution in [-0.4, -0.2) is 35.6 Å². The largest absolute Gasteiger partial charge is 0.380 e. The minimum atomic E-state index is 0.224. The minimum Gasteiger partial charge on any atom is -0.380 e. The van der Waals surface area contributed by atoms with E-state index in [4.69, 9.17) is 4.74 Å². The van der Waals surface area contributed by atoms with E-state index >= 15 is 0 Å². The molecule has 1 N–H and O–H groups in total. The zero-order chi connectivity index (χ0) is 15.1. The van der Waals surface area contributed by atoms with Gasteiger partial charge in [-0.25, -0.2) is 0 Å². The topological polar surface area (TPSA) is 39.1 Å². The third-order valence-corrected chi connectivity index (χ3v) is 3.70. The Morgan fingerprint density at radius 2 is 2.05 bits per heavy atom. The number of nitrogens with one attached hydrogen (secondary N) is 1. The molecule has 0 aliphatic heterocycles. The van der Waals surface area contributed by atoms with E-state index in [-0.39, 0.29) is 6.10 Å². The van der Waals surface area contributed by atoms with E-state index in [0.29, 0.717) is 12.0 Å². The molecular weight excluding hydrogens is 250 g/mol. The highest BCUT2D eigenvalue weighted by Gasteiger charge is 2.25. The normalized spacial score (nSPS) is 14.8. The molecule has 4 nitrogen and oxygen atoms in total. The third kappa shape index (κ3) is 4.60. The van der Waals surface area contributed by atoms with Crippen molar-refractivity contribution < 1.29 is 4.74 Å². The van der Waals surface area contributed by atoms with Crippen LogP contribution in [0, 0.1) is 12.8 Å². The van der Waals surface area contributed by atoms with E-state index in [0.717, 1.165) is 31.6 Å². The van der Waals surface area contributed by atoms with Crippen LogP contribution >= 0.6 is 0 Å². The van der Waals surface area contributed by atoms with Gasteiger partial charge in [0.1, 0.15) is 0 Å². The monoisotopic (exact) mass is 281 g/mol. The van der Waals surface area contributed by atoms with Gasteiger partial charge in [0.25, 0.3) is 0 Å². The fourth-order valence-electron chi connectivity index (χ4n) is 2.80. The van der Waals surface area contributed by atoms with Crippen molar-refractivity contribution in [3.8, 4) is 0 Å². The summed E-state index contributed by atoms with van der Waals surface area (Å²) in [5.74, 6) is 0.494. The molecule has 1 heterocycles. The number of aromatic nitrogens is 2. The molecule has 0 spiro atoms. The Kier molecular flexibility index (Phi) is 7.24. The van der Waals surface area contributed by atoms with Crippen molar-refractivity contribution in [2.75, 3.05) is 13.7 Å². The highest BCUT2D eigenvalue weighted by molar-refractivity contribution is 5.11. The van der Waals surface area contributed by atoms with Crippen molar-refractivity contribution in [1.82, 2.24) is 15.1 Å². The summed E-state index contributed by atoms with van der Waals surface area (Å²) >= 11 is 0. The SMILES string of the molecule is CCCNC(Cc1cc(C)nn1CC)C(OC)C(C)C. The van der Waals surface area contributed by atoms with Crippen LogP contribution in [0.3, 0.4) is 0 Å². The van der Waals surface area contributed by atoms with E-state index in [1.165, 1.54) is 5.69 Å². The lowest BCUT2D eigenvalue weighted by Crippen LogP contribution is -2.46. The average Bonchev–Trinajstić information content (AvgIpc) is 2.76. The first kappa shape index (κ1) is 17.2. The lowest BCUT2D eigenvalue weighted by atomic mass is 9.95. The van der Waals surface area contributed by atoms with E-state index < -0.39 is 0 Å². The van der Waals surface area contributed by atoms with Crippen LogP contribution in [0.4, 0.5) is 0 Å². The summed E-state index contributed by atoms with van der Waals surface area (Å²) in [4.78, 5) is 0. The number of ether oxygens (including phenoxy) is 1. The molecule has 0 saturated heterocycles. The van der Waals surface area contributed by atoms with Gasteiger partial charge in [-0.05, 0) is 38.8 Å². The van der Waals surface area contributed by atoms with Gasteiger partial charge < -0.3 is 10.1 Å². The van der Waals surface area contributed by atoms with Crippen LogP contribution in [-0.2, 0) is 17.7 Å². The maximum absolute atomic E-state index is 5.73. The summed E-state index contributed by atoms with van der Waals surface area (Å²) < 4.78 is 7.83. The lowest BCUT2D eigenvalue weighted by molar-refractivity contribution is 0.0327. The average molecular weight is 281 g/mol. The van der Waals surface area contributed by atoms with E-state index in [1.807, 2.05) is 7.11 Å². The summed E-state index contributed by atoms with van der Waals surface area (Å²) in [6, 6.07) is 2.53. The van der Waals surface area contributed by atoms with Crippen LogP contribution in [0.1, 0.15) is 45.5 Å². The summed E-state index contributed by atoms with van der Waals surface area (Å²) in [7, 11) is 1.81. The van der Waals surface area contributed by atoms with Gasteiger partial charge in [-0.15, -0.1) is 0 Å². The third-order valence-electron chi connectivity index (χ3n) is 3.70. The van der Waals surface area contributed by atoms with Crippen LogP contribution < -0.4 is 5.32 Å². The van der Waals surface area contributed by atoms with Gasteiger partial charge in [0.05, 0.1) is 11.8 Å². The molecule has 116 valence electrons. The van der Waals surface area contributed by atoms with Crippen molar-refractivity contribution in [1.29, 1.82) is 0 Å². The lowest BCUT2D eigenvalue weighted by Gasteiger charge is -2.30. The Morgan fingerprint density at radius 3 is 2.55 bits per heavy atom. The molecule has 2 unspecified atom stereocenters. The van der Waals surface area contributed by atoms with Crippen molar-refractivity contribution in [2.45, 2.75) is 66.2 Å². The first-order valence-electron chi connectivity index (χ1n) is 7.82. The smallest absolute Gasteiger partial charge is 0.0750 e. The first-order valence-corrected chi connectivity index (χ1v) is 7.82. The summed E-state index contributed by atoms with van der Waals surface area (Å²) in [5.41, 5.74) is 2.39. The van der Waals surface area contributed by atoms with E-state index in [1.54, 1.807) is 0 Å². The van der Waals surface area contributed by atoms with Crippen LogP contribution in [0.2, 0.25) is 0 Å². The van der Waals surface area contributed by atoms with Gasteiger partial charge in [0, 0.05) is 31.8 Å². The Balaban J connectivity index is 2.87. The zero-order valence-corrected chi connectivity index (χ0v) is 13.9. The molecule has 0 bridgehead atoms. The molecule has 2 atom stereocenters. The molecule has 0 aliphatic rings. The molecular formula is C16H31N3O. The molecule has 1 aromatic rings. The van der Waals surface area contributed by atoms with E-state index in [2.05, 4.69) is 55.8 Å². The number of nitrogens with zero attached hydrogens (tertiary/aromatic N) is 2. The molecule has 0 amide bonds. The highest BCUT2D eigenvalue weighted by atomic mass is 16.5. The molecule has 20 heavy (non-hydrogen) atoms. The first-order chi connectivity index (χ1) is 9.53. The van der Waals surface area contributed by atoms with Crippen LogP contribution in [0.25, 0.3) is 0 Å². The minimum absolute atomic E-state index is 0.224. The number of methoxy groups -OCH3 is 1. The summed E-state index contributed by atoms with van der Waals surface area (Å²) in [6.45, 7) is 12.8. The fraction of sp³-hybridized carbons (Fsp3) is 0.812. The van der Waals surface area contributed by atoms with Gasteiger partial charge in [0.15, 0.2) is 0 Å². The van der Waals surface area contributed by atoms with E-state index in [9.17, 15) is 0 Å². The van der Waals surface area contributed by atoms with Crippen molar-refractivity contribution >= 4 is 0 Å². The number of aryl methyl sites for hydroxylation is 2. The van der Waals surface area contributed by atoms with Gasteiger partial charge in [-0.3, -0.25) is 4.68 Å². The number of hydrogen-bond acceptors (Lipinski definition) is 3. The van der Waals surface area contributed by atoms with Gasteiger partial charge in [-0.2, -0.15) is 5.10 Å². The highest BCUT2D eigenvalue weighted by Crippen LogP contribution is 2.16. The second-order valence-corrected chi connectivity index (χ2v) is 5.80. The molecule has 0 aliphatic carbocycles. The number of rotatable bonds is 9. The second kappa shape index (κ2) is 8.42. The van der Waals surface area contributed by atoms with Gasteiger partial charge >= 0.3 is 0 Å². The maximum atomic E-state index is 5.73. The van der Waals surface area contributed by atoms with Crippen molar-refractivity contribution in [3.05, 3.63) is 17.5 Å². The Labute approximate surface area is 123 Å². The summed E-state index contributed by atoms with van der Waals surface area (Å²) in [5, 5.41) is 8.19. The Hall–Kier alpha value is -0.870. The maximum Gasteiger partial charge on any atom is 0.0750 e. The fourth-order valence-corrected chi connectivity index (χ4v) is 2.80. The standard InChI is InChI=1S/C16H31N3O/c1-7-9-17-15(16(20-6)12(3)4)11-14-10-13(5)18-19(14)8-2/h10,12,15-17H,7-9,11H2,1-6H3. The second-order valence-electron chi connectivity index (χ2n) is 5.80. The number of hydrogen-bond donors (Lipinski definition) is 1. The predicted molar refractivity (Wildman–Crippen MR) is 84.1 cm³/mol. The zero-order valence-electron chi connectivity index (χ0n) is 13.9. The molecule has 1 rings (SSSR count). The molecule has 0 radical (unpaired) electrons. The molecule has 0 aromatic carbocycles. The molecule has 4 heteroatoms. The van der Waals surface area contributed by atoms with Crippen molar-refractivity contribution in [3.63, 3.8) is 0 Å². The van der Waals surface area contributed by atoms with Gasteiger partial charge in [-0.1, -0.05) is 20.8 Å². The Bertz CT molecular complexity index is 387. The molecule has 1 aromatic heterocycles. The molecule has 0 saturated carbocycles. The predicted octanol–water partition coefficient (Wildman–Crippen LogP) is 2.79. The van der Waals surface area contributed by atoms with Gasteiger partial charge in [0.2, 0.25) is 0 Å². The van der Waals surface area contributed by atoms with Crippen LogP contribution in [0.5, 0.6) is 0 Å². The van der Waals surface area contributed by atoms with Crippen LogP contribution in [0.15, 0.2) is 6.07 Å². The summed E-state index contributed by atoms with van der Waals surface area (Å²) in [6.07, 6.45) is 2.32.